The van der Waals surface area contributed by atoms with Crippen LogP contribution in [0.25, 0.3) is 0 Å². The van der Waals surface area contributed by atoms with Crippen molar-refractivity contribution in [2.45, 2.75) is 18.3 Å². The highest BCUT2D eigenvalue weighted by atomic mass is 127. The van der Waals surface area contributed by atoms with E-state index in [4.69, 9.17) is 0 Å². The molecule has 0 fully saturated rings. The summed E-state index contributed by atoms with van der Waals surface area (Å²) >= 11 is 0.390. The molecule has 92 valence electrons. The highest BCUT2D eigenvalue weighted by molar-refractivity contribution is 14.2. The van der Waals surface area contributed by atoms with E-state index in [2.05, 4.69) is 0 Å². The van der Waals surface area contributed by atoms with Crippen molar-refractivity contribution < 1.29 is 18.4 Å². The monoisotopic (exact) mass is 365 g/mol. The number of halogens is 4. The number of nitrogens with zero attached hydrogens (tertiary/aromatic N) is 1. The molecule has 1 unspecified atom stereocenters. The van der Waals surface area contributed by atoms with Gasteiger partial charge in [-0.15, -0.1) is 0 Å². The molecule has 7 heteroatoms. The highest BCUT2D eigenvalue weighted by Crippen LogP contribution is 2.33. The number of allylic oxidation sites excluding steroid dienone is 3. The molecule has 0 spiro atoms. The summed E-state index contributed by atoms with van der Waals surface area (Å²) in [6.07, 6.45) is -0.240. The molecule has 0 bridgehead atoms. The summed E-state index contributed by atoms with van der Waals surface area (Å²) in [6.45, 7) is 1.92. The summed E-state index contributed by atoms with van der Waals surface area (Å²) in [4.78, 5) is 0. The normalized spacial score (nSPS) is 19.5. The van der Waals surface area contributed by atoms with Crippen molar-refractivity contribution >= 4 is 36.8 Å². The van der Waals surface area contributed by atoms with E-state index < -0.39 is 32.9 Å². The molecule has 0 saturated carbocycles. The van der Waals surface area contributed by atoms with Crippen LogP contribution < -0.4 is 0 Å². The van der Waals surface area contributed by atoms with Crippen LogP contribution in [0.15, 0.2) is 23.4 Å². The molecule has 1 aliphatic rings. The van der Waals surface area contributed by atoms with Gasteiger partial charge in [-0.3, -0.25) is 5.21 Å². The molecular formula is C9H11F3INOS. The first-order valence-electron chi connectivity index (χ1n) is 4.34. The van der Waals surface area contributed by atoms with Crippen molar-refractivity contribution in [3.63, 3.8) is 0 Å². The van der Waals surface area contributed by atoms with Gasteiger partial charge >= 0.3 is 6.18 Å². The fraction of sp³-hybridized carbons (Fsp3) is 0.444. The Balaban J connectivity index is 3.03. The van der Waals surface area contributed by atoms with Crippen LogP contribution in [0.4, 0.5) is 13.2 Å². The summed E-state index contributed by atoms with van der Waals surface area (Å²) in [7, 11) is 0. The maximum atomic E-state index is 12.5. The molecule has 1 N–H and O–H groups in total. The number of rotatable bonds is 2. The van der Waals surface area contributed by atoms with Crippen LogP contribution in [-0.4, -0.2) is 30.2 Å². The lowest BCUT2D eigenvalue weighted by atomic mass is 10.2. The van der Waals surface area contributed by atoms with E-state index in [1.165, 1.54) is 6.08 Å². The zero-order valence-corrected chi connectivity index (χ0v) is 11.6. The third-order valence-corrected chi connectivity index (χ3v) is 5.04. The maximum Gasteiger partial charge on any atom is 0.434 e. The van der Waals surface area contributed by atoms with Gasteiger partial charge in [0.1, 0.15) is 0 Å². The lowest BCUT2D eigenvalue weighted by Crippen LogP contribution is -2.22. The molecule has 1 atom stereocenters. The maximum absolute atomic E-state index is 12.5. The third-order valence-electron chi connectivity index (χ3n) is 2.01. The van der Waals surface area contributed by atoms with E-state index in [0.717, 1.165) is 11.6 Å². The second kappa shape index (κ2) is 5.54. The van der Waals surface area contributed by atoms with Crippen LogP contribution >= 0.6 is 32.8 Å². The van der Waals surface area contributed by atoms with Gasteiger partial charge in [0.2, 0.25) is 0 Å². The Bertz CT molecular complexity index is 351. The van der Waals surface area contributed by atoms with Gasteiger partial charge in [0.05, 0.1) is 0 Å². The molecule has 0 aromatic rings. The van der Waals surface area contributed by atoms with Gasteiger partial charge < -0.3 is 0 Å². The Morgan fingerprint density at radius 3 is 2.56 bits per heavy atom. The quantitative estimate of drug-likeness (QED) is 0.599. The molecule has 0 aromatic heterocycles. The number of thioether (sulfide) groups is 1. The van der Waals surface area contributed by atoms with Crippen molar-refractivity contribution in [1.29, 1.82) is 0 Å². The highest BCUT2D eigenvalue weighted by Gasteiger charge is 2.37. The van der Waals surface area contributed by atoms with Gasteiger partial charge in [0.25, 0.3) is 0 Å². The summed E-state index contributed by atoms with van der Waals surface area (Å²) in [6, 6.07) is 0. The topological polar surface area (TPSA) is 23.5 Å². The van der Waals surface area contributed by atoms with Crippen LogP contribution in [-0.2, 0) is 0 Å². The molecule has 1 rings (SSSR count). The van der Waals surface area contributed by atoms with E-state index >= 15 is 0 Å². The molecule has 2 nitrogen and oxygen atoms in total. The summed E-state index contributed by atoms with van der Waals surface area (Å²) in [5.41, 5.74) is -0.154. The fourth-order valence-corrected chi connectivity index (χ4v) is 3.72. The average Bonchev–Trinajstić information content (AvgIpc) is 2.38. The van der Waals surface area contributed by atoms with E-state index in [1.807, 2.05) is 13.2 Å². The third kappa shape index (κ3) is 3.49. The Labute approximate surface area is 106 Å². The minimum atomic E-state index is -4.50. The van der Waals surface area contributed by atoms with Crippen LogP contribution in [0.2, 0.25) is 0 Å². The van der Waals surface area contributed by atoms with E-state index in [1.54, 1.807) is 15.8 Å². The Morgan fingerprint density at radius 1 is 1.44 bits per heavy atom. The number of hydrogen-bond donors (Lipinski definition) is 1. The largest absolute Gasteiger partial charge is 0.434 e. The first kappa shape index (κ1) is 14.0. The summed E-state index contributed by atoms with van der Waals surface area (Å²) in [5, 5.41) is 9.42. The van der Waals surface area contributed by atoms with E-state index in [-0.39, 0.29) is 5.25 Å². The van der Waals surface area contributed by atoms with Gasteiger partial charge in [-0.25, -0.2) is 0 Å². The lowest BCUT2D eigenvalue weighted by Gasteiger charge is -2.16. The summed E-state index contributed by atoms with van der Waals surface area (Å²) < 4.78 is 39.5. The minimum Gasteiger partial charge on any atom is -0.279 e. The van der Waals surface area contributed by atoms with E-state index in [0.29, 0.717) is 3.28 Å². The van der Waals surface area contributed by atoms with E-state index in [9.17, 15) is 18.4 Å². The van der Waals surface area contributed by atoms with Crippen LogP contribution in [0.5, 0.6) is 0 Å². The Hall–Kier alpha value is -0.0200. The van der Waals surface area contributed by atoms with Crippen LogP contribution in [0, 0.1) is 0 Å². The van der Waals surface area contributed by atoms with Gasteiger partial charge in [0, 0.05) is 26.3 Å². The number of alkyl halides is 3. The predicted octanol–water partition coefficient (Wildman–Crippen LogP) is 3.50. The Kier molecular flexibility index (Phi) is 4.87. The smallest absolute Gasteiger partial charge is 0.279 e. The first-order chi connectivity index (χ1) is 7.36. The second-order valence-corrected chi connectivity index (χ2v) is 6.33. The molecular weight excluding hydrogens is 354 g/mol. The molecule has 0 radical (unpaired) electrons. The first-order valence-corrected chi connectivity index (χ1v) is 7.84. The van der Waals surface area contributed by atoms with Crippen LogP contribution in [0.1, 0.15) is 6.92 Å². The van der Waals surface area contributed by atoms with Gasteiger partial charge in [-0.1, -0.05) is 6.08 Å². The minimum absolute atomic E-state index is 0.136. The van der Waals surface area contributed by atoms with Crippen molar-refractivity contribution in [3.8, 4) is 0 Å². The Morgan fingerprint density at radius 2 is 2.06 bits per heavy atom. The van der Waals surface area contributed by atoms with Crippen molar-refractivity contribution in [3.05, 3.63) is 23.4 Å². The molecule has 16 heavy (non-hydrogen) atoms. The SMILES string of the molecule is CSC(C)C1=CC=C(C(F)(F)F)N(O)I=C1. The van der Waals surface area contributed by atoms with Gasteiger partial charge in [-0.2, -0.15) is 28.2 Å². The lowest BCUT2D eigenvalue weighted by molar-refractivity contribution is -0.127. The van der Waals surface area contributed by atoms with Crippen LogP contribution in [0.3, 0.4) is 0 Å². The number of hydroxylamine groups is 1. The molecule has 1 aliphatic heterocycles. The molecule has 0 amide bonds. The zero-order valence-electron chi connectivity index (χ0n) is 8.62. The predicted molar refractivity (Wildman–Crippen MR) is 68.9 cm³/mol. The van der Waals surface area contributed by atoms with Crippen molar-refractivity contribution in [2.24, 2.45) is 0 Å². The molecule has 0 saturated heterocycles. The summed E-state index contributed by atoms with van der Waals surface area (Å²) in [5.74, 6) is 0. The van der Waals surface area contributed by atoms with Gasteiger partial charge in [-0.05, 0) is 28.8 Å². The standard InChI is InChI=1S/C9H11F3INOS/c1-6(16-2)7-3-4-8(9(10,11)12)14(15)13-5-7/h3-6,15H,1-2H3. The average molecular weight is 365 g/mol. The van der Waals surface area contributed by atoms with Gasteiger partial charge in [0.15, 0.2) is 5.70 Å². The zero-order chi connectivity index (χ0) is 12.3. The second-order valence-electron chi connectivity index (χ2n) is 3.06. The molecule has 0 aromatic carbocycles. The fourth-order valence-electron chi connectivity index (χ4n) is 0.988. The number of hydrogen-bond acceptors (Lipinski definition) is 3. The van der Waals surface area contributed by atoms with Crippen molar-refractivity contribution in [1.82, 2.24) is 3.28 Å². The molecule has 1 heterocycles. The van der Waals surface area contributed by atoms with Crippen molar-refractivity contribution in [2.75, 3.05) is 6.26 Å². The molecule has 0 aliphatic carbocycles.